The van der Waals surface area contributed by atoms with E-state index in [0.29, 0.717) is 12.0 Å². The second-order valence-electron chi connectivity index (χ2n) is 5.19. The number of nitrogens with one attached hydrogen (secondary N) is 1. The van der Waals surface area contributed by atoms with Crippen molar-refractivity contribution in [1.82, 2.24) is 5.32 Å². The minimum atomic E-state index is 0.0473. The van der Waals surface area contributed by atoms with Gasteiger partial charge >= 0.3 is 0 Å². The summed E-state index contributed by atoms with van der Waals surface area (Å²) in [5.41, 5.74) is 3.05. The molecule has 1 amide bonds. The van der Waals surface area contributed by atoms with Gasteiger partial charge in [0.2, 0.25) is 5.91 Å². The summed E-state index contributed by atoms with van der Waals surface area (Å²) in [4.78, 5) is 11.8. The van der Waals surface area contributed by atoms with Crippen molar-refractivity contribution in [1.29, 1.82) is 5.26 Å². The Balaban J connectivity index is 1.72. The molecule has 0 spiro atoms. The van der Waals surface area contributed by atoms with E-state index in [2.05, 4.69) is 17.5 Å². The standard InChI is InChI=1S/C17H20N2O/c18-13-16-8-6-15(7-9-16)12-17(20)19-11-10-14-4-2-1-3-5-14/h4,6-9H,1-3,5,10-12H2,(H,19,20). The fraction of sp³-hybridized carbons (Fsp3) is 0.412. The molecule has 1 aromatic carbocycles. The van der Waals surface area contributed by atoms with Gasteiger partial charge in [0, 0.05) is 6.54 Å². The van der Waals surface area contributed by atoms with Crippen LogP contribution in [0.3, 0.4) is 0 Å². The average molecular weight is 268 g/mol. The number of nitriles is 1. The molecule has 0 saturated heterocycles. The second-order valence-corrected chi connectivity index (χ2v) is 5.19. The molecular formula is C17H20N2O. The third-order valence-electron chi connectivity index (χ3n) is 3.60. The van der Waals surface area contributed by atoms with Gasteiger partial charge in [-0.1, -0.05) is 23.8 Å². The highest BCUT2D eigenvalue weighted by atomic mass is 16.1. The molecule has 3 heteroatoms. The molecule has 3 nitrogen and oxygen atoms in total. The Hall–Kier alpha value is -2.08. The van der Waals surface area contributed by atoms with Crippen molar-refractivity contribution in [3.05, 3.63) is 47.0 Å². The molecule has 2 rings (SSSR count). The lowest BCUT2D eigenvalue weighted by Crippen LogP contribution is -2.26. The molecular weight excluding hydrogens is 248 g/mol. The molecule has 1 N–H and O–H groups in total. The van der Waals surface area contributed by atoms with Crippen LogP contribution in [0, 0.1) is 11.3 Å². The van der Waals surface area contributed by atoms with Crippen LogP contribution < -0.4 is 5.32 Å². The van der Waals surface area contributed by atoms with Crippen LogP contribution >= 0.6 is 0 Å². The SMILES string of the molecule is N#Cc1ccc(CC(=O)NCCC2=CCCCC2)cc1. The number of carbonyl (C=O) groups excluding carboxylic acids is 1. The highest BCUT2D eigenvalue weighted by Gasteiger charge is 2.06. The molecule has 0 bridgehead atoms. The van der Waals surface area contributed by atoms with E-state index in [0.717, 1.165) is 18.5 Å². The van der Waals surface area contributed by atoms with E-state index < -0.39 is 0 Å². The Kier molecular flexibility index (Phi) is 5.37. The molecule has 20 heavy (non-hydrogen) atoms. The number of nitrogens with zero attached hydrogens (tertiary/aromatic N) is 1. The number of allylic oxidation sites excluding steroid dienone is 1. The first-order valence-electron chi connectivity index (χ1n) is 7.21. The third-order valence-corrected chi connectivity index (χ3v) is 3.60. The topological polar surface area (TPSA) is 52.9 Å². The predicted molar refractivity (Wildman–Crippen MR) is 79.0 cm³/mol. The van der Waals surface area contributed by atoms with Crippen LogP contribution in [0.1, 0.15) is 43.2 Å². The Morgan fingerprint density at radius 2 is 2.05 bits per heavy atom. The first kappa shape index (κ1) is 14.3. The summed E-state index contributed by atoms with van der Waals surface area (Å²) in [7, 11) is 0. The number of carbonyl (C=O) groups is 1. The maximum Gasteiger partial charge on any atom is 0.224 e. The zero-order valence-electron chi connectivity index (χ0n) is 11.7. The molecule has 0 radical (unpaired) electrons. The van der Waals surface area contributed by atoms with Gasteiger partial charge in [0.15, 0.2) is 0 Å². The van der Waals surface area contributed by atoms with Crippen LogP contribution in [0.15, 0.2) is 35.9 Å². The van der Waals surface area contributed by atoms with E-state index in [4.69, 9.17) is 5.26 Å². The normalized spacial score (nSPS) is 14.2. The molecule has 0 atom stereocenters. The van der Waals surface area contributed by atoms with Gasteiger partial charge in [0.1, 0.15) is 0 Å². The molecule has 0 unspecified atom stereocenters. The minimum absolute atomic E-state index is 0.0473. The van der Waals surface area contributed by atoms with Crippen LogP contribution in [-0.4, -0.2) is 12.5 Å². The van der Waals surface area contributed by atoms with E-state index in [-0.39, 0.29) is 5.91 Å². The maximum absolute atomic E-state index is 11.8. The summed E-state index contributed by atoms with van der Waals surface area (Å²) in [5.74, 6) is 0.0473. The molecule has 104 valence electrons. The predicted octanol–water partition coefficient (Wildman–Crippen LogP) is 3.11. The van der Waals surface area contributed by atoms with Crippen molar-refractivity contribution in [2.45, 2.75) is 38.5 Å². The monoisotopic (exact) mass is 268 g/mol. The van der Waals surface area contributed by atoms with E-state index in [1.165, 1.54) is 31.3 Å². The zero-order chi connectivity index (χ0) is 14.2. The van der Waals surface area contributed by atoms with Crippen molar-refractivity contribution in [3.63, 3.8) is 0 Å². The van der Waals surface area contributed by atoms with Crippen LogP contribution in [0.2, 0.25) is 0 Å². The second kappa shape index (κ2) is 7.49. The van der Waals surface area contributed by atoms with Crippen LogP contribution in [-0.2, 0) is 11.2 Å². The third kappa shape index (κ3) is 4.55. The van der Waals surface area contributed by atoms with Crippen LogP contribution in [0.25, 0.3) is 0 Å². The molecule has 0 saturated carbocycles. The quantitative estimate of drug-likeness (QED) is 0.834. The number of rotatable bonds is 5. The first-order valence-corrected chi connectivity index (χ1v) is 7.21. The van der Waals surface area contributed by atoms with Crippen molar-refractivity contribution < 1.29 is 4.79 Å². The maximum atomic E-state index is 11.8. The smallest absolute Gasteiger partial charge is 0.224 e. The minimum Gasteiger partial charge on any atom is -0.355 e. The number of hydrogen-bond acceptors (Lipinski definition) is 2. The van der Waals surface area contributed by atoms with Gasteiger partial charge in [0.25, 0.3) is 0 Å². The van der Waals surface area contributed by atoms with Gasteiger partial charge in [-0.05, 0) is 49.8 Å². The molecule has 0 heterocycles. The van der Waals surface area contributed by atoms with Crippen molar-refractivity contribution in [2.75, 3.05) is 6.54 Å². The Morgan fingerprint density at radius 1 is 1.25 bits per heavy atom. The van der Waals surface area contributed by atoms with E-state index in [1.807, 2.05) is 12.1 Å². The Labute approximate surface area is 120 Å². The Morgan fingerprint density at radius 3 is 2.70 bits per heavy atom. The van der Waals surface area contributed by atoms with Gasteiger partial charge in [-0.15, -0.1) is 0 Å². The lowest BCUT2D eigenvalue weighted by atomic mass is 9.97. The van der Waals surface area contributed by atoms with Gasteiger partial charge < -0.3 is 5.32 Å². The largest absolute Gasteiger partial charge is 0.355 e. The van der Waals surface area contributed by atoms with Crippen molar-refractivity contribution in [2.24, 2.45) is 0 Å². The van der Waals surface area contributed by atoms with Crippen molar-refractivity contribution in [3.8, 4) is 6.07 Å². The molecule has 0 aromatic heterocycles. The molecule has 0 fully saturated rings. The van der Waals surface area contributed by atoms with Gasteiger partial charge in [-0.25, -0.2) is 0 Å². The Bertz CT molecular complexity index is 523. The summed E-state index contributed by atoms with van der Waals surface area (Å²) >= 11 is 0. The summed E-state index contributed by atoms with van der Waals surface area (Å²) in [6, 6.07) is 9.23. The summed E-state index contributed by atoms with van der Waals surface area (Å²) < 4.78 is 0. The molecule has 1 aliphatic rings. The molecule has 1 aromatic rings. The van der Waals surface area contributed by atoms with Gasteiger partial charge in [-0.3, -0.25) is 4.79 Å². The highest BCUT2D eigenvalue weighted by Crippen LogP contribution is 2.19. The van der Waals surface area contributed by atoms with Gasteiger partial charge in [0.05, 0.1) is 18.1 Å². The molecule has 0 aliphatic heterocycles. The van der Waals surface area contributed by atoms with E-state index >= 15 is 0 Å². The fourth-order valence-electron chi connectivity index (χ4n) is 2.44. The highest BCUT2D eigenvalue weighted by molar-refractivity contribution is 5.78. The zero-order valence-corrected chi connectivity index (χ0v) is 11.7. The lowest BCUT2D eigenvalue weighted by Gasteiger charge is -2.13. The number of hydrogen-bond donors (Lipinski definition) is 1. The summed E-state index contributed by atoms with van der Waals surface area (Å²) in [6.07, 6.45) is 8.62. The number of benzene rings is 1. The van der Waals surface area contributed by atoms with E-state index in [1.54, 1.807) is 12.1 Å². The summed E-state index contributed by atoms with van der Waals surface area (Å²) in [6.45, 7) is 0.723. The summed E-state index contributed by atoms with van der Waals surface area (Å²) in [5, 5.41) is 11.7. The van der Waals surface area contributed by atoms with E-state index in [9.17, 15) is 4.79 Å². The van der Waals surface area contributed by atoms with Crippen LogP contribution in [0.5, 0.6) is 0 Å². The van der Waals surface area contributed by atoms with Gasteiger partial charge in [-0.2, -0.15) is 5.26 Å². The fourth-order valence-corrected chi connectivity index (χ4v) is 2.44. The van der Waals surface area contributed by atoms with Crippen molar-refractivity contribution >= 4 is 5.91 Å². The number of amides is 1. The average Bonchev–Trinajstić information content (AvgIpc) is 2.49. The lowest BCUT2D eigenvalue weighted by molar-refractivity contribution is -0.120. The molecule has 1 aliphatic carbocycles. The first-order chi connectivity index (χ1) is 9.78. The van der Waals surface area contributed by atoms with Crippen LogP contribution in [0.4, 0.5) is 0 Å².